The van der Waals surface area contributed by atoms with Gasteiger partial charge in [0, 0.05) is 0 Å². The van der Waals surface area contributed by atoms with E-state index in [9.17, 15) is 14.4 Å². The van der Waals surface area contributed by atoms with Crippen LogP contribution in [0.4, 0.5) is 0 Å². The number of aliphatic hydroxyl groups is 1. The molecule has 0 aliphatic heterocycles. The van der Waals surface area contributed by atoms with Crippen molar-refractivity contribution in [1.29, 1.82) is 0 Å². The topological polar surface area (TPSA) is 132 Å². The quantitative estimate of drug-likeness (QED) is 0.391. The third kappa shape index (κ3) is 8.67. The van der Waals surface area contributed by atoms with Crippen LogP contribution in [0, 0.1) is 0 Å². The minimum atomic E-state index is -2.74. The molecule has 0 aliphatic carbocycles. The Labute approximate surface area is 144 Å². The Morgan fingerprint density at radius 3 is 1.27 bits per heavy atom. The van der Waals surface area contributed by atoms with E-state index in [1.807, 2.05) is 0 Å². The van der Waals surface area contributed by atoms with Crippen molar-refractivity contribution in [3.05, 3.63) is 0 Å². The molecular formula is C6H12Ca2O7. The van der Waals surface area contributed by atoms with E-state index in [0.717, 1.165) is 0 Å². The van der Waals surface area contributed by atoms with E-state index in [4.69, 9.17) is 20.4 Å². The first kappa shape index (κ1) is 21.2. The van der Waals surface area contributed by atoms with Crippen molar-refractivity contribution in [3.8, 4) is 0 Å². The maximum absolute atomic E-state index is 10.3. The Morgan fingerprint density at radius 1 is 0.867 bits per heavy atom. The van der Waals surface area contributed by atoms with Crippen LogP contribution in [0.3, 0.4) is 0 Å². The van der Waals surface area contributed by atoms with Crippen LogP contribution in [0.5, 0.6) is 0 Å². The summed E-state index contributed by atoms with van der Waals surface area (Å²) in [6.45, 7) is 0. The Morgan fingerprint density at radius 2 is 1.13 bits per heavy atom. The molecule has 82 valence electrons. The van der Waals surface area contributed by atoms with Crippen molar-refractivity contribution in [2.45, 2.75) is 18.4 Å². The van der Waals surface area contributed by atoms with Gasteiger partial charge < -0.3 is 20.4 Å². The third-order valence-corrected chi connectivity index (χ3v) is 1.29. The van der Waals surface area contributed by atoms with Crippen LogP contribution >= 0.6 is 0 Å². The summed E-state index contributed by atoms with van der Waals surface area (Å²) in [5.74, 6) is -5.02. The Kier molecular flexibility index (Phi) is 12.7. The molecule has 7 nitrogen and oxygen atoms in total. The van der Waals surface area contributed by atoms with Crippen LogP contribution in [0.1, 0.15) is 12.8 Å². The number of rotatable bonds is 5. The zero-order valence-electron chi connectivity index (χ0n) is 6.43. The van der Waals surface area contributed by atoms with Gasteiger partial charge >= 0.3 is 93.4 Å². The summed E-state index contributed by atoms with van der Waals surface area (Å²) >= 11 is 0. The van der Waals surface area contributed by atoms with Gasteiger partial charge in [-0.15, -0.1) is 0 Å². The molecule has 0 fully saturated rings. The first-order valence-electron chi connectivity index (χ1n) is 3.17. The number of carboxylic acids is 3. The number of aliphatic carboxylic acids is 3. The molecule has 0 spiro atoms. The predicted octanol–water partition coefficient (Wildman–Crippen LogP) is -3.08. The minimum absolute atomic E-state index is 0. The summed E-state index contributed by atoms with van der Waals surface area (Å²) in [5.41, 5.74) is -2.74. The normalized spacial score (nSPS) is 9.40. The van der Waals surface area contributed by atoms with Gasteiger partial charge in [0.1, 0.15) is 0 Å². The molecule has 0 rings (SSSR count). The van der Waals surface area contributed by atoms with Gasteiger partial charge in [0.15, 0.2) is 5.60 Å². The summed E-state index contributed by atoms with van der Waals surface area (Å²) in [4.78, 5) is 30.5. The van der Waals surface area contributed by atoms with E-state index in [0.29, 0.717) is 0 Å². The molecule has 0 heterocycles. The van der Waals surface area contributed by atoms with E-state index in [1.54, 1.807) is 0 Å². The van der Waals surface area contributed by atoms with Gasteiger partial charge in [-0.2, -0.15) is 0 Å². The monoisotopic (exact) mass is 276 g/mol. The van der Waals surface area contributed by atoms with Crippen LogP contribution in [0.25, 0.3) is 0 Å². The molecule has 0 aliphatic rings. The molecule has 9 heteroatoms. The molecule has 0 saturated heterocycles. The van der Waals surface area contributed by atoms with Crippen LogP contribution in [-0.4, -0.2) is 119 Å². The maximum atomic E-state index is 10.3. The summed E-state index contributed by atoms with van der Waals surface area (Å²) in [6.07, 6.45) is -2.29. The molecule has 0 unspecified atom stereocenters. The fourth-order valence-corrected chi connectivity index (χ4v) is 0.714. The van der Waals surface area contributed by atoms with E-state index in [1.165, 1.54) is 0 Å². The van der Waals surface area contributed by atoms with Gasteiger partial charge in [-0.3, -0.25) is 9.59 Å². The van der Waals surface area contributed by atoms with Gasteiger partial charge in [-0.05, 0) is 0 Å². The second kappa shape index (κ2) is 8.98. The first-order valence-corrected chi connectivity index (χ1v) is 3.17. The average Bonchev–Trinajstić information content (AvgIpc) is 1.82. The van der Waals surface area contributed by atoms with Gasteiger partial charge in [0.05, 0.1) is 12.8 Å². The van der Waals surface area contributed by atoms with Crippen molar-refractivity contribution in [2.24, 2.45) is 0 Å². The van der Waals surface area contributed by atoms with Gasteiger partial charge in [0.2, 0.25) is 0 Å². The number of carbonyl (C=O) groups is 3. The Balaban J connectivity index is -0.000000720. The molecule has 0 saturated carbocycles. The fourth-order valence-electron chi connectivity index (χ4n) is 0.714. The molecule has 0 amide bonds. The SMILES string of the molecule is O=C(O)CC(O)(CC(=O)O)C(=O)O.[CaH2].[CaH2]. The summed E-state index contributed by atoms with van der Waals surface area (Å²) in [7, 11) is 0. The summed E-state index contributed by atoms with van der Waals surface area (Å²) in [6, 6.07) is 0. The Bertz CT molecular complexity index is 236. The van der Waals surface area contributed by atoms with E-state index >= 15 is 0 Å². The molecule has 4 N–H and O–H groups in total. The van der Waals surface area contributed by atoms with E-state index in [2.05, 4.69) is 0 Å². The average molecular weight is 276 g/mol. The first-order chi connectivity index (χ1) is 5.78. The van der Waals surface area contributed by atoms with Gasteiger partial charge in [-0.1, -0.05) is 0 Å². The van der Waals surface area contributed by atoms with E-state index < -0.39 is 36.4 Å². The molecular weight excluding hydrogens is 264 g/mol. The van der Waals surface area contributed by atoms with Crippen molar-refractivity contribution < 1.29 is 34.8 Å². The number of hydrogen-bond acceptors (Lipinski definition) is 4. The molecule has 0 bridgehead atoms. The van der Waals surface area contributed by atoms with Crippen LogP contribution < -0.4 is 0 Å². The van der Waals surface area contributed by atoms with Crippen molar-refractivity contribution in [1.82, 2.24) is 0 Å². The van der Waals surface area contributed by atoms with Crippen LogP contribution in [0.2, 0.25) is 0 Å². The zero-order chi connectivity index (χ0) is 10.6. The van der Waals surface area contributed by atoms with Crippen molar-refractivity contribution >= 4 is 93.4 Å². The van der Waals surface area contributed by atoms with Crippen LogP contribution in [-0.2, 0) is 14.4 Å². The molecule has 0 aromatic carbocycles. The van der Waals surface area contributed by atoms with Gasteiger partial charge in [-0.25, -0.2) is 4.79 Å². The molecule has 15 heavy (non-hydrogen) atoms. The number of hydrogen-bond donors (Lipinski definition) is 4. The Hall–Kier alpha value is 0.889. The summed E-state index contributed by atoms with van der Waals surface area (Å²) in [5, 5.41) is 33.8. The zero-order valence-corrected chi connectivity index (χ0v) is 6.43. The molecule has 0 radical (unpaired) electrons. The summed E-state index contributed by atoms with van der Waals surface area (Å²) < 4.78 is 0. The van der Waals surface area contributed by atoms with Crippen LogP contribution in [0.15, 0.2) is 0 Å². The number of carboxylic acid groups (broad SMARTS) is 3. The fraction of sp³-hybridized carbons (Fsp3) is 0.500. The molecule has 0 atom stereocenters. The predicted molar refractivity (Wildman–Crippen MR) is 54.2 cm³/mol. The second-order valence-corrected chi connectivity index (χ2v) is 2.48. The van der Waals surface area contributed by atoms with Crippen molar-refractivity contribution in [3.63, 3.8) is 0 Å². The molecule has 0 aromatic rings. The van der Waals surface area contributed by atoms with Crippen molar-refractivity contribution in [2.75, 3.05) is 0 Å². The standard InChI is InChI=1S/C6H8O7.2Ca.4H/c7-3(8)1-6(13,5(11)12)2-4(9)10;;;;;;/h13H,1-2H2,(H,7,8)(H,9,10)(H,11,12);;;;;;. The van der Waals surface area contributed by atoms with E-state index in [-0.39, 0.29) is 75.5 Å². The molecule has 0 aromatic heterocycles. The third-order valence-electron chi connectivity index (χ3n) is 1.29. The van der Waals surface area contributed by atoms with Gasteiger partial charge in [0.25, 0.3) is 0 Å². The second-order valence-electron chi connectivity index (χ2n) is 2.48.